The molecule has 1 aromatic carbocycles. The summed E-state index contributed by atoms with van der Waals surface area (Å²) in [4.78, 5) is 12.1. The lowest BCUT2D eigenvalue weighted by molar-refractivity contribution is 0.0838. The van der Waals surface area contributed by atoms with Crippen molar-refractivity contribution in [2.24, 2.45) is 0 Å². The van der Waals surface area contributed by atoms with E-state index in [1.54, 1.807) is 18.2 Å². The fourth-order valence-corrected chi connectivity index (χ4v) is 2.49. The van der Waals surface area contributed by atoms with E-state index in [1.807, 2.05) is 0 Å². The van der Waals surface area contributed by atoms with Crippen LogP contribution in [-0.2, 0) is 0 Å². The van der Waals surface area contributed by atoms with Gasteiger partial charge in [-0.2, -0.15) is 0 Å². The van der Waals surface area contributed by atoms with Crippen molar-refractivity contribution in [3.8, 4) is 0 Å². The fourth-order valence-electron chi connectivity index (χ4n) is 2.37. The molecule has 0 aliphatic heterocycles. The first-order valence-electron chi connectivity index (χ1n) is 6.05. The predicted octanol–water partition coefficient (Wildman–Crippen LogP) is 1.96. The fraction of sp³-hybridized carbons (Fsp3) is 0.462. The van der Waals surface area contributed by atoms with Crippen LogP contribution in [0.15, 0.2) is 18.2 Å². The van der Waals surface area contributed by atoms with Gasteiger partial charge in [0.1, 0.15) is 0 Å². The van der Waals surface area contributed by atoms with Gasteiger partial charge >= 0.3 is 0 Å². The quantitative estimate of drug-likeness (QED) is 0.734. The van der Waals surface area contributed by atoms with Crippen LogP contribution < -0.4 is 11.1 Å². The Kier molecular flexibility index (Phi) is 3.78. The van der Waals surface area contributed by atoms with Gasteiger partial charge in [0.05, 0.1) is 22.9 Å². The highest BCUT2D eigenvalue weighted by atomic mass is 35.5. The molecule has 0 spiro atoms. The van der Waals surface area contributed by atoms with Crippen LogP contribution in [0.25, 0.3) is 0 Å². The van der Waals surface area contributed by atoms with Gasteiger partial charge in [-0.25, -0.2) is 0 Å². The summed E-state index contributed by atoms with van der Waals surface area (Å²) in [6.45, 7) is -0.0260. The highest BCUT2D eigenvalue weighted by molar-refractivity contribution is 6.33. The maximum absolute atomic E-state index is 12.1. The molecular formula is C13H17ClN2O2. The van der Waals surface area contributed by atoms with Gasteiger partial charge in [-0.1, -0.05) is 24.4 Å². The van der Waals surface area contributed by atoms with Crippen molar-refractivity contribution in [2.75, 3.05) is 12.3 Å². The van der Waals surface area contributed by atoms with E-state index in [2.05, 4.69) is 5.32 Å². The summed E-state index contributed by atoms with van der Waals surface area (Å²) >= 11 is 5.81. The predicted molar refractivity (Wildman–Crippen MR) is 71.6 cm³/mol. The molecule has 4 nitrogen and oxygen atoms in total. The Hall–Kier alpha value is -1.26. The zero-order chi connectivity index (χ0) is 13.2. The van der Waals surface area contributed by atoms with Crippen LogP contribution >= 0.6 is 11.6 Å². The van der Waals surface area contributed by atoms with Crippen molar-refractivity contribution in [1.29, 1.82) is 0 Å². The Morgan fingerprint density at radius 1 is 1.44 bits per heavy atom. The minimum atomic E-state index is -0.467. The topological polar surface area (TPSA) is 75.4 Å². The Morgan fingerprint density at radius 3 is 2.67 bits per heavy atom. The van der Waals surface area contributed by atoms with E-state index in [-0.39, 0.29) is 12.5 Å². The Bertz CT molecular complexity index is 456. The summed E-state index contributed by atoms with van der Waals surface area (Å²) in [7, 11) is 0. The molecule has 1 amide bonds. The number of aliphatic hydroxyl groups is 1. The van der Waals surface area contributed by atoms with Crippen molar-refractivity contribution in [3.05, 3.63) is 28.8 Å². The molecule has 0 saturated heterocycles. The van der Waals surface area contributed by atoms with Crippen LogP contribution in [-0.4, -0.2) is 23.2 Å². The zero-order valence-corrected chi connectivity index (χ0v) is 10.8. The monoisotopic (exact) mass is 268 g/mol. The molecule has 18 heavy (non-hydrogen) atoms. The highest BCUT2D eigenvalue weighted by Gasteiger charge is 2.34. The number of hydrogen-bond donors (Lipinski definition) is 3. The molecular weight excluding hydrogens is 252 g/mol. The van der Waals surface area contributed by atoms with E-state index < -0.39 is 5.54 Å². The Labute approximate surface area is 111 Å². The molecule has 1 aliphatic carbocycles. The number of carbonyl (C=O) groups is 1. The van der Waals surface area contributed by atoms with Crippen LogP contribution in [0.4, 0.5) is 5.69 Å². The zero-order valence-electron chi connectivity index (χ0n) is 10.1. The van der Waals surface area contributed by atoms with Gasteiger partial charge in [-0.05, 0) is 31.0 Å². The molecule has 1 aliphatic rings. The van der Waals surface area contributed by atoms with Crippen LogP contribution in [0.2, 0.25) is 5.02 Å². The SMILES string of the molecule is Nc1cc(C(=O)NC2(CO)CCCC2)ccc1Cl. The van der Waals surface area contributed by atoms with Crippen LogP contribution in [0.5, 0.6) is 0 Å². The van der Waals surface area contributed by atoms with E-state index in [9.17, 15) is 9.90 Å². The second-order valence-corrected chi connectivity index (χ2v) is 5.24. The number of rotatable bonds is 3. The molecule has 1 fully saturated rings. The molecule has 1 saturated carbocycles. The van der Waals surface area contributed by atoms with E-state index in [0.717, 1.165) is 25.7 Å². The van der Waals surface area contributed by atoms with E-state index in [1.165, 1.54) is 0 Å². The summed E-state index contributed by atoms with van der Waals surface area (Å²) in [6, 6.07) is 4.79. The van der Waals surface area contributed by atoms with Gasteiger partial charge in [-0.3, -0.25) is 4.79 Å². The van der Waals surface area contributed by atoms with E-state index >= 15 is 0 Å². The molecule has 0 radical (unpaired) electrons. The van der Waals surface area contributed by atoms with Gasteiger partial charge in [0.2, 0.25) is 0 Å². The second kappa shape index (κ2) is 5.16. The molecule has 1 aromatic rings. The minimum Gasteiger partial charge on any atom is -0.398 e. The van der Waals surface area contributed by atoms with Crippen LogP contribution in [0.1, 0.15) is 36.0 Å². The molecule has 0 bridgehead atoms. The molecule has 2 rings (SSSR count). The Morgan fingerprint density at radius 2 is 2.11 bits per heavy atom. The average molecular weight is 269 g/mol. The van der Waals surface area contributed by atoms with E-state index in [0.29, 0.717) is 16.3 Å². The second-order valence-electron chi connectivity index (χ2n) is 4.84. The third-order valence-corrected chi connectivity index (χ3v) is 3.84. The van der Waals surface area contributed by atoms with Crippen molar-refractivity contribution >= 4 is 23.2 Å². The number of hydrogen-bond acceptors (Lipinski definition) is 3. The van der Waals surface area contributed by atoms with Crippen molar-refractivity contribution in [1.82, 2.24) is 5.32 Å². The average Bonchev–Trinajstić information content (AvgIpc) is 2.82. The normalized spacial score (nSPS) is 17.7. The maximum Gasteiger partial charge on any atom is 0.251 e. The smallest absolute Gasteiger partial charge is 0.251 e. The number of carbonyl (C=O) groups excluding carboxylic acids is 1. The van der Waals surface area contributed by atoms with Crippen LogP contribution in [0, 0.1) is 0 Å². The lowest BCUT2D eigenvalue weighted by atomic mass is 9.98. The van der Waals surface area contributed by atoms with Gasteiger partial charge in [0.25, 0.3) is 5.91 Å². The number of aliphatic hydroxyl groups excluding tert-OH is 1. The van der Waals surface area contributed by atoms with Gasteiger partial charge in [0.15, 0.2) is 0 Å². The Balaban J connectivity index is 2.13. The molecule has 0 aromatic heterocycles. The van der Waals surface area contributed by atoms with Crippen molar-refractivity contribution in [3.63, 3.8) is 0 Å². The molecule has 0 unspecified atom stereocenters. The largest absolute Gasteiger partial charge is 0.398 e. The van der Waals surface area contributed by atoms with Crippen LogP contribution in [0.3, 0.4) is 0 Å². The van der Waals surface area contributed by atoms with Gasteiger partial charge in [-0.15, -0.1) is 0 Å². The molecule has 5 heteroatoms. The number of halogens is 1. The first-order chi connectivity index (χ1) is 8.56. The molecule has 98 valence electrons. The van der Waals surface area contributed by atoms with Gasteiger partial charge < -0.3 is 16.2 Å². The van der Waals surface area contributed by atoms with E-state index in [4.69, 9.17) is 17.3 Å². The summed E-state index contributed by atoms with van der Waals surface area (Å²) in [5.74, 6) is -0.214. The third-order valence-electron chi connectivity index (χ3n) is 3.50. The summed E-state index contributed by atoms with van der Waals surface area (Å²) in [5.41, 5.74) is 6.06. The maximum atomic E-state index is 12.1. The van der Waals surface area contributed by atoms with Crippen molar-refractivity contribution in [2.45, 2.75) is 31.2 Å². The number of benzene rings is 1. The number of nitrogens with two attached hydrogens (primary N) is 1. The number of nitrogens with one attached hydrogen (secondary N) is 1. The lowest BCUT2D eigenvalue weighted by Crippen LogP contribution is -2.49. The van der Waals surface area contributed by atoms with Crippen molar-refractivity contribution < 1.29 is 9.90 Å². The van der Waals surface area contributed by atoms with Gasteiger partial charge in [0, 0.05) is 5.56 Å². The highest BCUT2D eigenvalue weighted by Crippen LogP contribution is 2.29. The number of nitrogen functional groups attached to an aromatic ring is 1. The molecule has 0 heterocycles. The molecule has 4 N–H and O–H groups in total. The first-order valence-corrected chi connectivity index (χ1v) is 6.42. The third kappa shape index (κ3) is 2.60. The number of amides is 1. The summed E-state index contributed by atoms with van der Waals surface area (Å²) in [5, 5.41) is 12.8. The lowest BCUT2D eigenvalue weighted by Gasteiger charge is -2.28. The standard InChI is InChI=1S/C13H17ClN2O2/c14-10-4-3-9(7-11(10)15)12(18)16-13(8-17)5-1-2-6-13/h3-4,7,17H,1-2,5-6,8,15H2,(H,16,18). The first kappa shape index (κ1) is 13.2. The minimum absolute atomic E-state index is 0.0260. The summed E-state index contributed by atoms with van der Waals surface area (Å²) in [6.07, 6.45) is 3.70. The molecule has 0 atom stereocenters. The summed E-state index contributed by atoms with van der Waals surface area (Å²) < 4.78 is 0. The number of anilines is 1.